The van der Waals surface area contributed by atoms with Crippen molar-refractivity contribution < 1.29 is 9.26 Å². The van der Waals surface area contributed by atoms with Crippen molar-refractivity contribution in [1.82, 2.24) is 15.5 Å². The molecule has 0 aliphatic rings. The maximum atomic E-state index is 5.04. The Balaban J connectivity index is 2.35. The van der Waals surface area contributed by atoms with Gasteiger partial charge >= 0.3 is 0 Å². The lowest BCUT2D eigenvalue weighted by molar-refractivity contribution is 0.174. The van der Waals surface area contributed by atoms with Gasteiger partial charge in [0.1, 0.15) is 6.61 Å². The summed E-state index contributed by atoms with van der Waals surface area (Å²) in [6.45, 7) is 2.53. The molecule has 0 aliphatic heterocycles. The summed E-state index contributed by atoms with van der Waals surface area (Å²) < 4.78 is 9.93. The van der Waals surface area contributed by atoms with Gasteiger partial charge in [-0.25, -0.2) is 0 Å². The van der Waals surface area contributed by atoms with Crippen LogP contribution in [0.2, 0.25) is 0 Å². The van der Waals surface area contributed by atoms with E-state index in [0.717, 1.165) is 12.8 Å². The molecule has 0 amide bonds. The number of methoxy groups -OCH3 is 1. The summed E-state index contributed by atoms with van der Waals surface area (Å²) in [6.07, 6.45) is 1.80. The second kappa shape index (κ2) is 5.72. The van der Waals surface area contributed by atoms with E-state index >= 15 is 0 Å². The Bertz CT molecular complexity index is 262. The summed E-state index contributed by atoms with van der Waals surface area (Å²) in [7, 11) is 3.55. The second-order valence-electron chi connectivity index (χ2n) is 3.27. The molecular formula is C9H17N3O2. The molecule has 1 atom stereocenters. The van der Waals surface area contributed by atoms with Gasteiger partial charge in [-0.3, -0.25) is 0 Å². The van der Waals surface area contributed by atoms with Crippen LogP contribution in [0.25, 0.3) is 0 Å². The first-order valence-electron chi connectivity index (χ1n) is 4.74. The van der Waals surface area contributed by atoms with Crippen LogP contribution in [0, 0.1) is 0 Å². The van der Waals surface area contributed by atoms with Crippen molar-refractivity contribution in [2.24, 2.45) is 0 Å². The predicted octanol–water partition coefficient (Wildman–Crippen LogP) is 0.756. The smallest absolute Gasteiger partial charge is 0.226 e. The summed E-state index contributed by atoms with van der Waals surface area (Å²) in [5, 5.41) is 6.93. The third-order valence-electron chi connectivity index (χ3n) is 2.07. The van der Waals surface area contributed by atoms with E-state index < -0.39 is 0 Å². The molecule has 1 rings (SSSR count). The molecule has 5 nitrogen and oxygen atoms in total. The summed E-state index contributed by atoms with van der Waals surface area (Å²) in [4.78, 5) is 4.18. The summed E-state index contributed by atoms with van der Waals surface area (Å²) >= 11 is 0. The third kappa shape index (κ3) is 3.43. The van der Waals surface area contributed by atoms with E-state index in [4.69, 9.17) is 9.26 Å². The first-order chi connectivity index (χ1) is 6.76. The Kier molecular flexibility index (Phi) is 4.55. The molecule has 0 spiro atoms. The van der Waals surface area contributed by atoms with Gasteiger partial charge in [0, 0.05) is 19.6 Å². The number of aryl methyl sites for hydroxylation is 1. The van der Waals surface area contributed by atoms with E-state index in [-0.39, 0.29) is 0 Å². The zero-order valence-electron chi connectivity index (χ0n) is 8.91. The molecule has 1 unspecified atom stereocenters. The fraction of sp³-hybridized carbons (Fsp3) is 0.778. The van der Waals surface area contributed by atoms with E-state index in [1.807, 2.05) is 7.05 Å². The normalized spacial score (nSPS) is 13.1. The van der Waals surface area contributed by atoms with Gasteiger partial charge in [-0.2, -0.15) is 4.98 Å². The molecule has 5 heteroatoms. The van der Waals surface area contributed by atoms with Crippen LogP contribution in [0.15, 0.2) is 4.52 Å². The van der Waals surface area contributed by atoms with Crippen LogP contribution in [0.4, 0.5) is 0 Å². The van der Waals surface area contributed by atoms with Crippen LogP contribution < -0.4 is 5.32 Å². The number of hydrogen-bond donors (Lipinski definition) is 1. The average Bonchev–Trinajstić information content (AvgIpc) is 2.63. The van der Waals surface area contributed by atoms with Gasteiger partial charge in [-0.15, -0.1) is 0 Å². The zero-order valence-corrected chi connectivity index (χ0v) is 8.91. The Labute approximate surface area is 83.8 Å². The van der Waals surface area contributed by atoms with Gasteiger partial charge in [0.15, 0.2) is 5.82 Å². The quantitative estimate of drug-likeness (QED) is 0.732. The number of aromatic nitrogens is 2. The Morgan fingerprint density at radius 1 is 1.57 bits per heavy atom. The zero-order chi connectivity index (χ0) is 10.4. The monoisotopic (exact) mass is 199 g/mol. The molecule has 1 heterocycles. The van der Waals surface area contributed by atoms with E-state index in [9.17, 15) is 0 Å². The SMILES string of the molecule is CNC(C)CCc1nc(COC)no1. The minimum atomic E-state index is 0.408. The van der Waals surface area contributed by atoms with Crippen LogP contribution in [0.5, 0.6) is 0 Å². The lowest BCUT2D eigenvalue weighted by atomic mass is 10.2. The number of ether oxygens (including phenoxy) is 1. The van der Waals surface area contributed by atoms with Gasteiger partial charge in [0.2, 0.25) is 5.89 Å². The maximum absolute atomic E-state index is 5.04. The topological polar surface area (TPSA) is 60.2 Å². The standard InChI is InChI=1S/C9H17N3O2/c1-7(10-2)4-5-9-11-8(6-13-3)12-14-9/h7,10H,4-6H2,1-3H3. The molecule has 1 aromatic rings. The lowest BCUT2D eigenvalue weighted by Gasteiger charge is -2.06. The third-order valence-corrected chi connectivity index (χ3v) is 2.07. The van der Waals surface area contributed by atoms with E-state index in [1.165, 1.54) is 0 Å². The molecule has 0 aromatic carbocycles. The van der Waals surface area contributed by atoms with Crippen molar-refractivity contribution in [3.05, 3.63) is 11.7 Å². The minimum absolute atomic E-state index is 0.408. The highest BCUT2D eigenvalue weighted by molar-refractivity contribution is 4.85. The Morgan fingerprint density at radius 2 is 2.36 bits per heavy atom. The van der Waals surface area contributed by atoms with Gasteiger partial charge in [-0.05, 0) is 20.4 Å². The highest BCUT2D eigenvalue weighted by Gasteiger charge is 2.07. The van der Waals surface area contributed by atoms with Crippen LogP contribution in [-0.4, -0.2) is 30.3 Å². The Morgan fingerprint density at radius 3 is 3.00 bits per heavy atom. The summed E-state index contributed by atoms with van der Waals surface area (Å²) in [6, 6.07) is 0.466. The summed E-state index contributed by atoms with van der Waals surface area (Å²) in [5.41, 5.74) is 0. The number of nitrogens with zero attached hydrogens (tertiary/aromatic N) is 2. The van der Waals surface area contributed by atoms with Crippen molar-refractivity contribution in [2.45, 2.75) is 32.4 Å². The predicted molar refractivity (Wildman–Crippen MR) is 51.9 cm³/mol. The highest BCUT2D eigenvalue weighted by Crippen LogP contribution is 2.03. The van der Waals surface area contributed by atoms with Crippen molar-refractivity contribution in [2.75, 3.05) is 14.2 Å². The molecule has 0 radical (unpaired) electrons. The van der Waals surface area contributed by atoms with Crippen LogP contribution in [0.1, 0.15) is 25.1 Å². The van der Waals surface area contributed by atoms with E-state index in [2.05, 4.69) is 22.4 Å². The maximum Gasteiger partial charge on any atom is 0.226 e. The summed E-state index contributed by atoms with van der Waals surface area (Å²) in [5.74, 6) is 1.29. The van der Waals surface area contributed by atoms with Gasteiger partial charge < -0.3 is 14.6 Å². The highest BCUT2D eigenvalue weighted by atomic mass is 16.5. The van der Waals surface area contributed by atoms with Crippen molar-refractivity contribution in [3.8, 4) is 0 Å². The average molecular weight is 199 g/mol. The fourth-order valence-electron chi connectivity index (χ4n) is 1.06. The first kappa shape index (κ1) is 11.1. The first-order valence-corrected chi connectivity index (χ1v) is 4.74. The van der Waals surface area contributed by atoms with Gasteiger partial charge in [0.25, 0.3) is 0 Å². The minimum Gasteiger partial charge on any atom is -0.377 e. The van der Waals surface area contributed by atoms with Gasteiger partial charge in [0.05, 0.1) is 0 Å². The van der Waals surface area contributed by atoms with Crippen LogP contribution >= 0.6 is 0 Å². The molecule has 0 saturated carbocycles. The number of rotatable bonds is 6. The number of nitrogens with one attached hydrogen (secondary N) is 1. The van der Waals surface area contributed by atoms with Crippen molar-refractivity contribution in [1.29, 1.82) is 0 Å². The molecule has 0 bridgehead atoms. The molecule has 1 aromatic heterocycles. The molecule has 14 heavy (non-hydrogen) atoms. The van der Waals surface area contributed by atoms with Crippen LogP contribution in [0.3, 0.4) is 0 Å². The molecular weight excluding hydrogens is 182 g/mol. The molecule has 0 aliphatic carbocycles. The van der Waals surface area contributed by atoms with Crippen molar-refractivity contribution in [3.63, 3.8) is 0 Å². The lowest BCUT2D eigenvalue weighted by Crippen LogP contribution is -2.21. The number of hydrogen-bond acceptors (Lipinski definition) is 5. The molecule has 1 N–H and O–H groups in total. The molecule has 80 valence electrons. The fourth-order valence-corrected chi connectivity index (χ4v) is 1.06. The van der Waals surface area contributed by atoms with Crippen LogP contribution in [-0.2, 0) is 17.8 Å². The largest absolute Gasteiger partial charge is 0.377 e. The Hall–Kier alpha value is -0.940. The molecule has 0 fully saturated rings. The van der Waals surface area contributed by atoms with Crippen molar-refractivity contribution >= 4 is 0 Å². The van der Waals surface area contributed by atoms with E-state index in [0.29, 0.717) is 24.4 Å². The second-order valence-corrected chi connectivity index (χ2v) is 3.27. The molecule has 0 saturated heterocycles. The van der Waals surface area contributed by atoms with Gasteiger partial charge in [-0.1, -0.05) is 5.16 Å². The van der Waals surface area contributed by atoms with E-state index in [1.54, 1.807) is 7.11 Å².